The van der Waals surface area contributed by atoms with Crippen molar-refractivity contribution in [2.75, 3.05) is 0 Å². The van der Waals surface area contributed by atoms with E-state index in [1.807, 2.05) is 23.7 Å². The molecular weight excluding hydrogens is 276 g/mol. The van der Waals surface area contributed by atoms with Gasteiger partial charge in [0.25, 0.3) is 0 Å². The number of rotatable bonds is 2. The molecule has 1 unspecified atom stereocenters. The molecule has 0 amide bonds. The average Bonchev–Trinajstić information content (AvgIpc) is 2.92. The van der Waals surface area contributed by atoms with E-state index in [0.29, 0.717) is 0 Å². The molecule has 0 radical (unpaired) electrons. The van der Waals surface area contributed by atoms with Gasteiger partial charge < -0.3 is 5.32 Å². The van der Waals surface area contributed by atoms with Gasteiger partial charge in [0.15, 0.2) is 0 Å². The Hall–Kier alpha value is -2.13. The molecule has 2 aromatic carbocycles. The molecule has 4 rings (SSSR count). The van der Waals surface area contributed by atoms with Gasteiger partial charge in [-0.3, -0.25) is 0 Å². The summed E-state index contributed by atoms with van der Waals surface area (Å²) in [6.45, 7) is 2.23. The van der Waals surface area contributed by atoms with E-state index in [0.717, 1.165) is 12.1 Å². The molecule has 2 nitrogen and oxygen atoms in total. The normalized spacial score (nSPS) is 16.7. The topological polar surface area (TPSA) is 24.4 Å². The van der Waals surface area contributed by atoms with E-state index >= 15 is 0 Å². The molecule has 1 N–H and O–H groups in total. The van der Waals surface area contributed by atoms with Crippen molar-refractivity contribution < 1.29 is 0 Å². The van der Waals surface area contributed by atoms with E-state index < -0.39 is 0 Å². The summed E-state index contributed by atoms with van der Waals surface area (Å²) in [4.78, 5) is 5.91. The fourth-order valence-corrected chi connectivity index (χ4v) is 4.24. The Morgan fingerprint density at radius 2 is 1.90 bits per heavy atom. The standard InChI is InChI=1S/C18H16N2S/c1-2-15-17(13-8-4-6-10-16(13)21-15)18-12-7-3-5-9-14(12)19-11-20-18/h3-11,18H,2H2,1H3,(H,19,20). The van der Waals surface area contributed by atoms with Crippen LogP contribution in [0.3, 0.4) is 0 Å². The van der Waals surface area contributed by atoms with E-state index in [9.17, 15) is 0 Å². The minimum atomic E-state index is 0.199. The number of nitrogens with zero attached hydrogens (tertiary/aromatic N) is 1. The lowest BCUT2D eigenvalue weighted by molar-refractivity contribution is 0.762. The maximum absolute atomic E-state index is 4.46. The molecule has 0 saturated heterocycles. The molecule has 0 saturated carbocycles. The zero-order valence-corrected chi connectivity index (χ0v) is 12.7. The highest BCUT2D eigenvalue weighted by Gasteiger charge is 2.24. The van der Waals surface area contributed by atoms with E-state index in [-0.39, 0.29) is 6.04 Å². The third-order valence-electron chi connectivity index (χ3n) is 4.01. The van der Waals surface area contributed by atoms with Crippen molar-refractivity contribution in [3.8, 4) is 0 Å². The number of thiophene rings is 1. The van der Waals surface area contributed by atoms with Crippen molar-refractivity contribution in [3.05, 3.63) is 64.5 Å². The summed E-state index contributed by atoms with van der Waals surface area (Å²) in [5.41, 5.74) is 3.74. The lowest BCUT2D eigenvalue weighted by Crippen LogP contribution is -2.24. The van der Waals surface area contributed by atoms with Crippen LogP contribution in [0.4, 0.5) is 5.69 Å². The second kappa shape index (κ2) is 5.01. The third-order valence-corrected chi connectivity index (χ3v) is 5.34. The van der Waals surface area contributed by atoms with Gasteiger partial charge in [0, 0.05) is 20.7 Å². The number of aliphatic imine (C=N–C) groups is 1. The van der Waals surface area contributed by atoms with E-state index in [1.54, 1.807) is 0 Å². The third kappa shape index (κ3) is 1.96. The predicted octanol–water partition coefficient (Wildman–Crippen LogP) is 4.82. The highest BCUT2D eigenvalue weighted by atomic mass is 32.1. The van der Waals surface area contributed by atoms with E-state index in [4.69, 9.17) is 0 Å². The monoisotopic (exact) mass is 292 g/mol. The van der Waals surface area contributed by atoms with Crippen LogP contribution in [-0.2, 0) is 6.42 Å². The SMILES string of the molecule is CCc1sc2ccccc2c1C1NC=Nc2ccccc21. The first kappa shape index (κ1) is 12.6. The molecule has 1 atom stereocenters. The maximum Gasteiger partial charge on any atom is 0.0893 e. The summed E-state index contributed by atoms with van der Waals surface area (Å²) >= 11 is 1.91. The maximum atomic E-state index is 4.46. The quantitative estimate of drug-likeness (QED) is 0.719. The highest BCUT2D eigenvalue weighted by Crippen LogP contribution is 2.41. The lowest BCUT2D eigenvalue weighted by Gasteiger charge is -2.24. The Labute approximate surface area is 128 Å². The van der Waals surface area contributed by atoms with Crippen molar-refractivity contribution in [2.45, 2.75) is 19.4 Å². The fraction of sp³-hybridized carbons (Fsp3) is 0.167. The summed E-state index contributed by atoms with van der Waals surface area (Å²) < 4.78 is 1.37. The minimum absolute atomic E-state index is 0.199. The van der Waals surface area contributed by atoms with Crippen LogP contribution in [0.1, 0.15) is 29.0 Å². The minimum Gasteiger partial charge on any atom is -0.365 e. The molecular formula is C18H16N2S. The average molecular weight is 292 g/mol. The summed E-state index contributed by atoms with van der Waals surface area (Å²) in [6.07, 6.45) is 2.89. The van der Waals surface area contributed by atoms with Gasteiger partial charge in [-0.15, -0.1) is 11.3 Å². The van der Waals surface area contributed by atoms with Crippen molar-refractivity contribution in [1.82, 2.24) is 5.32 Å². The summed E-state index contributed by atoms with van der Waals surface area (Å²) in [6, 6.07) is 17.3. The molecule has 2 heterocycles. The molecule has 1 aliphatic rings. The number of fused-ring (bicyclic) bond motifs is 2. The van der Waals surface area contributed by atoms with Gasteiger partial charge >= 0.3 is 0 Å². The van der Waals surface area contributed by atoms with Crippen LogP contribution in [0.15, 0.2) is 53.5 Å². The molecule has 21 heavy (non-hydrogen) atoms. The van der Waals surface area contributed by atoms with Crippen LogP contribution in [0.25, 0.3) is 10.1 Å². The number of aryl methyl sites for hydroxylation is 1. The Morgan fingerprint density at radius 1 is 1.10 bits per heavy atom. The Kier molecular flexibility index (Phi) is 3.00. The number of benzene rings is 2. The number of para-hydroxylation sites is 1. The van der Waals surface area contributed by atoms with Crippen LogP contribution in [0.5, 0.6) is 0 Å². The first-order valence-corrected chi connectivity index (χ1v) is 8.08. The summed E-state index contributed by atoms with van der Waals surface area (Å²) in [5, 5.41) is 4.82. The Balaban J connectivity index is 1.97. The predicted molar refractivity (Wildman–Crippen MR) is 90.8 cm³/mol. The van der Waals surface area contributed by atoms with Crippen LogP contribution in [-0.4, -0.2) is 6.34 Å². The van der Waals surface area contributed by atoms with Gasteiger partial charge in [-0.1, -0.05) is 43.3 Å². The van der Waals surface area contributed by atoms with Crippen molar-refractivity contribution in [3.63, 3.8) is 0 Å². The molecule has 1 aliphatic heterocycles. The van der Waals surface area contributed by atoms with Gasteiger partial charge in [-0.05, 0) is 23.9 Å². The molecule has 0 fully saturated rings. The van der Waals surface area contributed by atoms with E-state index in [1.165, 1.54) is 26.1 Å². The summed E-state index contributed by atoms with van der Waals surface area (Å²) in [7, 11) is 0. The Bertz CT molecular complexity index is 832. The first-order chi connectivity index (χ1) is 10.4. The molecule has 3 heteroatoms. The molecule has 0 bridgehead atoms. The van der Waals surface area contributed by atoms with Crippen molar-refractivity contribution in [1.29, 1.82) is 0 Å². The van der Waals surface area contributed by atoms with Gasteiger partial charge in [-0.2, -0.15) is 0 Å². The smallest absolute Gasteiger partial charge is 0.0893 e. The highest BCUT2D eigenvalue weighted by molar-refractivity contribution is 7.19. The van der Waals surface area contributed by atoms with E-state index in [2.05, 4.69) is 59.7 Å². The zero-order valence-electron chi connectivity index (χ0n) is 11.8. The zero-order chi connectivity index (χ0) is 14.2. The number of hydrogen-bond donors (Lipinski definition) is 1. The second-order valence-corrected chi connectivity index (χ2v) is 6.34. The lowest BCUT2D eigenvalue weighted by atomic mass is 9.93. The van der Waals surface area contributed by atoms with Crippen LogP contribution in [0.2, 0.25) is 0 Å². The molecule has 104 valence electrons. The first-order valence-electron chi connectivity index (χ1n) is 7.26. The van der Waals surface area contributed by atoms with Gasteiger partial charge in [-0.25, -0.2) is 4.99 Å². The van der Waals surface area contributed by atoms with Crippen LogP contribution in [0, 0.1) is 0 Å². The van der Waals surface area contributed by atoms with Gasteiger partial charge in [0.1, 0.15) is 0 Å². The van der Waals surface area contributed by atoms with Crippen LogP contribution < -0.4 is 5.32 Å². The molecule has 1 aromatic heterocycles. The molecule has 0 spiro atoms. The molecule has 3 aromatic rings. The fourth-order valence-electron chi connectivity index (χ4n) is 3.05. The van der Waals surface area contributed by atoms with Crippen molar-refractivity contribution in [2.24, 2.45) is 4.99 Å². The largest absolute Gasteiger partial charge is 0.365 e. The molecule has 0 aliphatic carbocycles. The summed E-state index contributed by atoms with van der Waals surface area (Å²) in [5.74, 6) is 0. The van der Waals surface area contributed by atoms with Crippen LogP contribution >= 0.6 is 11.3 Å². The van der Waals surface area contributed by atoms with Crippen molar-refractivity contribution >= 4 is 33.4 Å². The van der Waals surface area contributed by atoms with Gasteiger partial charge in [0.05, 0.1) is 18.1 Å². The number of hydrogen-bond acceptors (Lipinski definition) is 3. The van der Waals surface area contributed by atoms with Gasteiger partial charge in [0.2, 0.25) is 0 Å². The Morgan fingerprint density at radius 3 is 2.81 bits per heavy atom. The second-order valence-electron chi connectivity index (χ2n) is 5.21. The number of nitrogens with one attached hydrogen (secondary N) is 1.